The molecule has 6 heteroatoms. The molecular formula is C18H22N2O3S. The van der Waals surface area contributed by atoms with Gasteiger partial charge in [-0.25, -0.2) is 8.42 Å². The van der Waals surface area contributed by atoms with E-state index in [0.717, 1.165) is 17.5 Å². The SMILES string of the molecule is CCc1ccc(S(=O)(=O)Nc2ccc(CC(=O)N(C)C)cc2)cc1. The van der Waals surface area contributed by atoms with E-state index in [9.17, 15) is 13.2 Å². The maximum Gasteiger partial charge on any atom is 0.261 e. The Morgan fingerprint density at radius 2 is 1.50 bits per heavy atom. The number of hydrogen-bond acceptors (Lipinski definition) is 3. The molecule has 0 aliphatic carbocycles. The van der Waals surface area contributed by atoms with Gasteiger partial charge in [0.25, 0.3) is 10.0 Å². The second-order valence-electron chi connectivity index (χ2n) is 5.76. The first-order valence-electron chi connectivity index (χ1n) is 7.72. The molecule has 0 aliphatic heterocycles. The van der Waals surface area contributed by atoms with Gasteiger partial charge in [-0.2, -0.15) is 0 Å². The number of rotatable bonds is 6. The second-order valence-corrected chi connectivity index (χ2v) is 7.45. The fourth-order valence-corrected chi connectivity index (χ4v) is 3.20. The van der Waals surface area contributed by atoms with Crippen LogP contribution in [0.2, 0.25) is 0 Å². The lowest BCUT2D eigenvalue weighted by molar-refractivity contribution is -0.127. The summed E-state index contributed by atoms with van der Waals surface area (Å²) in [5, 5.41) is 0. The lowest BCUT2D eigenvalue weighted by Gasteiger charge is -2.11. The third-order valence-electron chi connectivity index (χ3n) is 3.70. The van der Waals surface area contributed by atoms with E-state index in [1.165, 1.54) is 4.90 Å². The molecule has 1 N–H and O–H groups in total. The Hall–Kier alpha value is -2.34. The van der Waals surface area contributed by atoms with Crippen LogP contribution in [-0.4, -0.2) is 33.3 Å². The van der Waals surface area contributed by atoms with Gasteiger partial charge in [0.15, 0.2) is 0 Å². The molecule has 0 unspecified atom stereocenters. The molecule has 24 heavy (non-hydrogen) atoms. The molecule has 0 aromatic heterocycles. The van der Waals surface area contributed by atoms with E-state index in [1.54, 1.807) is 50.5 Å². The number of nitrogens with zero attached hydrogens (tertiary/aromatic N) is 1. The molecule has 1 amide bonds. The summed E-state index contributed by atoms with van der Waals surface area (Å²) >= 11 is 0. The highest BCUT2D eigenvalue weighted by Gasteiger charge is 2.14. The van der Waals surface area contributed by atoms with E-state index in [2.05, 4.69) is 4.72 Å². The molecule has 2 aromatic rings. The van der Waals surface area contributed by atoms with Gasteiger partial charge in [0.2, 0.25) is 5.91 Å². The molecule has 0 radical (unpaired) electrons. The normalized spacial score (nSPS) is 11.1. The summed E-state index contributed by atoms with van der Waals surface area (Å²) in [6.07, 6.45) is 1.15. The molecule has 0 saturated carbocycles. The molecule has 2 rings (SSSR count). The summed E-state index contributed by atoms with van der Waals surface area (Å²) in [7, 11) is -0.207. The van der Waals surface area contributed by atoms with E-state index in [-0.39, 0.29) is 10.8 Å². The zero-order valence-corrected chi connectivity index (χ0v) is 14.9. The number of aryl methyl sites for hydroxylation is 1. The largest absolute Gasteiger partial charge is 0.349 e. The van der Waals surface area contributed by atoms with Gasteiger partial charge >= 0.3 is 0 Å². The molecule has 0 atom stereocenters. The van der Waals surface area contributed by atoms with Gasteiger partial charge in [0.05, 0.1) is 11.3 Å². The van der Waals surface area contributed by atoms with Crippen molar-refractivity contribution in [2.75, 3.05) is 18.8 Å². The van der Waals surface area contributed by atoms with E-state index >= 15 is 0 Å². The quantitative estimate of drug-likeness (QED) is 0.874. The smallest absolute Gasteiger partial charge is 0.261 e. The first-order chi connectivity index (χ1) is 11.3. The Kier molecular flexibility index (Phi) is 5.62. The molecule has 0 aliphatic rings. The van der Waals surface area contributed by atoms with Crippen molar-refractivity contribution in [1.82, 2.24) is 4.90 Å². The van der Waals surface area contributed by atoms with Gasteiger partial charge in [-0.05, 0) is 41.8 Å². The summed E-state index contributed by atoms with van der Waals surface area (Å²) in [5.74, 6) is -0.000607. The molecule has 5 nitrogen and oxygen atoms in total. The predicted octanol–water partition coefficient (Wildman–Crippen LogP) is 2.68. The second kappa shape index (κ2) is 7.49. The van der Waals surface area contributed by atoms with Gasteiger partial charge in [0, 0.05) is 19.8 Å². The summed E-state index contributed by atoms with van der Waals surface area (Å²) in [6, 6.07) is 13.6. The first-order valence-corrected chi connectivity index (χ1v) is 9.21. The van der Waals surface area contributed by atoms with Gasteiger partial charge in [-0.3, -0.25) is 9.52 Å². The summed E-state index contributed by atoms with van der Waals surface area (Å²) in [5.41, 5.74) is 2.39. The number of sulfonamides is 1. The van der Waals surface area contributed by atoms with Gasteiger partial charge in [-0.15, -0.1) is 0 Å². The van der Waals surface area contributed by atoms with Crippen LogP contribution < -0.4 is 4.72 Å². The fourth-order valence-electron chi connectivity index (χ4n) is 2.14. The van der Waals surface area contributed by atoms with Crippen LogP contribution >= 0.6 is 0 Å². The number of benzene rings is 2. The van der Waals surface area contributed by atoms with Crippen LogP contribution in [0.1, 0.15) is 18.1 Å². The minimum atomic E-state index is -3.61. The van der Waals surface area contributed by atoms with E-state index < -0.39 is 10.0 Å². The van der Waals surface area contributed by atoms with Crippen molar-refractivity contribution in [3.63, 3.8) is 0 Å². The van der Waals surface area contributed by atoms with Crippen molar-refractivity contribution in [3.8, 4) is 0 Å². The van der Waals surface area contributed by atoms with Gasteiger partial charge in [0.1, 0.15) is 0 Å². The van der Waals surface area contributed by atoms with Crippen molar-refractivity contribution in [2.45, 2.75) is 24.7 Å². The third-order valence-corrected chi connectivity index (χ3v) is 5.10. The summed E-state index contributed by atoms with van der Waals surface area (Å²) in [4.78, 5) is 13.4. The van der Waals surface area contributed by atoms with E-state index in [1.807, 2.05) is 19.1 Å². The van der Waals surface area contributed by atoms with Crippen LogP contribution in [0.25, 0.3) is 0 Å². The number of nitrogens with one attached hydrogen (secondary N) is 1. The number of carbonyl (C=O) groups excluding carboxylic acids is 1. The molecule has 2 aromatic carbocycles. The van der Waals surface area contributed by atoms with Crippen LogP contribution in [0.4, 0.5) is 5.69 Å². The highest BCUT2D eigenvalue weighted by Crippen LogP contribution is 2.18. The van der Waals surface area contributed by atoms with E-state index in [0.29, 0.717) is 12.1 Å². The maximum absolute atomic E-state index is 12.4. The highest BCUT2D eigenvalue weighted by molar-refractivity contribution is 7.92. The zero-order valence-electron chi connectivity index (χ0n) is 14.1. The topological polar surface area (TPSA) is 66.5 Å². The van der Waals surface area contributed by atoms with Crippen LogP contribution in [0.15, 0.2) is 53.4 Å². The minimum Gasteiger partial charge on any atom is -0.349 e. The lowest BCUT2D eigenvalue weighted by atomic mass is 10.1. The number of hydrogen-bond donors (Lipinski definition) is 1. The number of amides is 1. The molecular weight excluding hydrogens is 324 g/mol. The van der Waals surface area contributed by atoms with Gasteiger partial charge in [-0.1, -0.05) is 31.2 Å². The van der Waals surface area contributed by atoms with Crippen LogP contribution in [0, 0.1) is 0 Å². The van der Waals surface area contributed by atoms with Crippen LogP contribution in [-0.2, 0) is 27.7 Å². The third kappa shape index (κ3) is 4.58. The Balaban J connectivity index is 2.10. The number of likely N-dealkylation sites (N-methyl/N-ethyl adjacent to an activating group) is 1. The molecule has 0 heterocycles. The molecule has 0 saturated heterocycles. The predicted molar refractivity (Wildman–Crippen MR) is 95.5 cm³/mol. The minimum absolute atomic E-state index is 0.000607. The standard InChI is InChI=1S/C18H22N2O3S/c1-4-14-7-11-17(12-8-14)24(22,23)19-16-9-5-15(6-10-16)13-18(21)20(2)3/h5-12,19H,4,13H2,1-3H3. The molecule has 0 spiro atoms. The Labute approximate surface area is 143 Å². The average Bonchev–Trinajstić information content (AvgIpc) is 2.56. The Morgan fingerprint density at radius 1 is 0.958 bits per heavy atom. The lowest BCUT2D eigenvalue weighted by Crippen LogP contribution is -2.23. The van der Waals surface area contributed by atoms with E-state index in [4.69, 9.17) is 0 Å². The van der Waals surface area contributed by atoms with Crippen molar-refractivity contribution in [3.05, 3.63) is 59.7 Å². The van der Waals surface area contributed by atoms with Gasteiger partial charge < -0.3 is 4.90 Å². The monoisotopic (exact) mass is 346 g/mol. The van der Waals surface area contributed by atoms with Crippen LogP contribution in [0.3, 0.4) is 0 Å². The van der Waals surface area contributed by atoms with Crippen molar-refractivity contribution in [2.24, 2.45) is 0 Å². The Bertz CT molecular complexity index is 795. The number of anilines is 1. The van der Waals surface area contributed by atoms with Crippen molar-refractivity contribution in [1.29, 1.82) is 0 Å². The highest BCUT2D eigenvalue weighted by atomic mass is 32.2. The average molecular weight is 346 g/mol. The summed E-state index contributed by atoms with van der Waals surface area (Å²) in [6.45, 7) is 2.02. The summed E-state index contributed by atoms with van der Waals surface area (Å²) < 4.78 is 27.3. The zero-order chi connectivity index (χ0) is 17.7. The molecule has 128 valence electrons. The van der Waals surface area contributed by atoms with Crippen molar-refractivity contribution < 1.29 is 13.2 Å². The number of carbonyl (C=O) groups is 1. The maximum atomic E-state index is 12.4. The van der Waals surface area contributed by atoms with Crippen molar-refractivity contribution >= 4 is 21.6 Å². The van der Waals surface area contributed by atoms with Crippen LogP contribution in [0.5, 0.6) is 0 Å². The molecule has 0 bridgehead atoms. The Morgan fingerprint density at radius 3 is 2.00 bits per heavy atom. The first kappa shape index (κ1) is 18.0. The molecule has 0 fully saturated rings. The fraction of sp³-hybridized carbons (Fsp3) is 0.278.